The summed E-state index contributed by atoms with van der Waals surface area (Å²) < 4.78 is 8.79. The molecule has 0 bridgehead atoms. The van der Waals surface area contributed by atoms with Crippen LogP contribution in [0.1, 0.15) is 28.7 Å². The summed E-state index contributed by atoms with van der Waals surface area (Å²) in [6, 6.07) is 14.9. The average molecular weight is 337 g/mol. The van der Waals surface area contributed by atoms with Crippen LogP contribution in [0.15, 0.2) is 53.3 Å². The number of carbonyl (C=O) groups is 1. The third-order valence-corrected chi connectivity index (χ3v) is 4.44. The zero-order valence-electron chi connectivity index (χ0n) is 14.7. The number of aromatic nitrogens is 2. The number of benzene rings is 2. The van der Waals surface area contributed by atoms with Crippen molar-refractivity contribution in [2.45, 2.75) is 13.3 Å². The third-order valence-electron chi connectivity index (χ3n) is 4.44. The summed E-state index contributed by atoms with van der Waals surface area (Å²) in [6.45, 7) is 2.11. The minimum atomic E-state index is -0.341. The number of hydrogen-bond donors (Lipinski definition) is 0. The second-order valence-electron chi connectivity index (χ2n) is 5.91. The quantitative estimate of drug-likeness (QED) is 0.541. The Morgan fingerprint density at radius 2 is 1.80 bits per heavy atom. The molecule has 0 aliphatic carbocycles. The van der Waals surface area contributed by atoms with E-state index >= 15 is 0 Å². The summed E-state index contributed by atoms with van der Waals surface area (Å²) in [4.78, 5) is 24.9. The third kappa shape index (κ3) is 3.05. The molecule has 0 atom stereocenters. The predicted octanol–water partition coefficient (Wildman–Crippen LogP) is 2.13. The van der Waals surface area contributed by atoms with Crippen LogP contribution in [-0.2, 0) is 25.3 Å². The van der Waals surface area contributed by atoms with E-state index in [9.17, 15) is 9.59 Å². The Labute approximate surface area is 146 Å². The first-order valence-corrected chi connectivity index (χ1v) is 8.26. The molecule has 0 N–H and O–H groups in total. The van der Waals surface area contributed by atoms with Crippen LogP contribution in [0.2, 0.25) is 0 Å². The van der Waals surface area contributed by atoms with E-state index in [-0.39, 0.29) is 11.5 Å². The minimum absolute atomic E-state index is 0.0442. The van der Waals surface area contributed by atoms with Crippen LogP contribution < -0.4 is 10.1 Å². The number of rotatable bonds is 4. The van der Waals surface area contributed by atoms with E-state index in [4.69, 9.17) is 4.74 Å². The smallest absolute Gasteiger partial charge is 0.345 e. The van der Waals surface area contributed by atoms with Gasteiger partial charge in [0.2, 0.25) is 0 Å². The van der Waals surface area contributed by atoms with Gasteiger partial charge in [0.1, 0.15) is 10.9 Å². The Morgan fingerprint density at radius 1 is 1.12 bits per heavy atom. The number of fused-ring (bicyclic) bond motifs is 1. The molecule has 2 aromatic carbocycles. The maximum Gasteiger partial charge on any atom is 0.345 e. The molecule has 3 aromatic rings. The zero-order chi connectivity index (χ0) is 18.0. The highest BCUT2D eigenvalue weighted by atomic mass is 16.5. The van der Waals surface area contributed by atoms with Gasteiger partial charge in [-0.3, -0.25) is 0 Å². The topological polar surface area (TPSA) is 52.2 Å². The van der Waals surface area contributed by atoms with Crippen LogP contribution in [0, 0.1) is 0 Å². The molecule has 3 rings (SSSR count). The van der Waals surface area contributed by atoms with Crippen LogP contribution in [0.3, 0.4) is 0 Å². The molecule has 0 saturated carbocycles. The fourth-order valence-electron chi connectivity index (χ4n) is 3.10. The zero-order valence-corrected chi connectivity index (χ0v) is 14.7. The van der Waals surface area contributed by atoms with Crippen molar-refractivity contribution in [2.24, 2.45) is 14.1 Å². The maximum absolute atomic E-state index is 12.7. The van der Waals surface area contributed by atoms with Gasteiger partial charge < -0.3 is 4.74 Å². The molecule has 0 radical (unpaired) electrons. The average Bonchev–Trinajstić information content (AvgIpc) is 2.64. The molecule has 0 fully saturated rings. The minimum Gasteiger partial charge on any atom is -0.462 e. The predicted molar refractivity (Wildman–Crippen MR) is 95.6 cm³/mol. The molecule has 128 valence electrons. The Morgan fingerprint density at radius 3 is 2.56 bits per heavy atom. The SMILES string of the molecule is CCOC(=O)c1ccccc1Cc1n(C)c(=O)c2ccccc2[n+]1C. The van der Waals surface area contributed by atoms with Gasteiger partial charge in [-0.05, 0) is 30.7 Å². The van der Waals surface area contributed by atoms with Gasteiger partial charge in [0, 0.05) is 0 Å². The number of nitrogens with zero attached hydrogens (tertiary/aromatic N) is 2. The summed E-state index contributed by atoms with van der Waals surface area (Å²) in [5.74, 6) is 0.479. The van der Waals surface area contributed by atoms with Gasteiger partial charge in [-0.1, -0.05) is 30.3 Å². The molecule has 25 heavy (non-hydrogen) atoms. The second-order valence-corrected chi connectivity index (χ2v) is 5.91. The number of esters is 1. The summed E-state index contributed by atoms with van der Waals surface area (Å²) >= 11 is 0. The van der Waals surface area contributed by atoms with Gasteiger partial charge in [0.15, 0.2) is 0 Å². The summed E-state index contributed by atoms with van der Waals surface area (Å²) in [6.07, 6.45) is 0.460. The van der Waals surface area contributed by atoms with E-state index in [2.05, 4.69) is 0 Å². The van der Waals surface area contributed by atoms with Crippen molar-refractivity contribution in [1.29, 1.82) is 0 Å². The molecule has 5 nitrogen and oxygen atoms in total. The molecular formula is C20H21N2O3+. The normalized spacial score (nSPS) is 10.8. The lowest BCUT2D eigenvalue weighted by molar-refractivity contribution is -0.657. The molecule has 0 aliphatic heterocycles. The molecule has 0 spiro atoms. The van der Waals surface area contributed by atoms with Gasteiger partial charge >= 0.3 is 11.5 Å². The van der Waals surface area contributed by atoms with E-state index in [1.165, 1.54) is 0 Å². The molecular weight excluding hydrogens is 316 g/mol. The maximum atomic E-state index is 12.7. The number of aryl methyl sites for hydroxylation is 1. The van der Waals surface area contributed by atoms with Crippen LogP contribution in [0.5, 0.6) is 0 Å². The van der Waals surface area contributed by atoms with Crippen molar-refractivity contribution in [2.75, 3.05) is 6.61 Å². The van der Waals surface area contributed by atoms with E-state index in [1.54, 1.807) is 24.6 Å². The van der Waals surface area contributed by atoms with Gasteiger partial charge in [-0.2, -0.15) is 4.57 Å². The molecule has 0 unspecified atom stereocenters. The molecule has 1 aromatic heterocycles. The van der Waals surface area contributed by atoms with Crippen LogP contribution >= 0.6 is 0 Å². The largest absolute Gasteiger partial charge is 0.462 e. The Bertz CT molecular complexity index is 1010. The Kier molecular flexibility index (Phi) is 4.65. The fourth-order valence-corrected chi connectivity index (χ4v) is 3.10. The number of para-hydroxylation sites is 1. The summed E-state index contributed by atoms with van der Waals surface area (Å²) in [5.41, 5.74) is 2.19. The lowest BCUT2D eigenvalue weighted by Crippen LogP contribution is -2.43. The van der Waals surface area contributed by atoms with Gasteiger partial charge in [-0.25, -0.2) is 14.2 Å². The number of carbonyl (C=O) groups excluding carboxylic acids is 1. The summed E-state index contributed by atoms with van der Waals surface area (Å²) in [7, 11) is 3.70. The first kappa shape index (κ1) is 16.9. The lowest BCUT2D eigenvalue weighted by Gasteiger charge is -2.11. The highest BCUT2D eigenvalue weighted by molar-refractivity contribution is 5.91. The first-order valence-electron chi connectivity index (χ1n) is 8.26. The van der Waals surface area contributed by atoms with Gasteiger partial charge in [-0.15, -0.1) is 0 Å². The van der Waals surface area contributed by atoms with Crippen molar-refractivity contribution in [3.8, 4) is 0 Å². The van der Waals surface area contributed by atoms with Crippen LogP contribution in [-0.4, -0.2) is 17.1 Å². The van der Waals surface area contributed by atoms with Crippen molar-refractivity contribution in [1.82, 2.24) is 4.57 Å². The van der Waals surface area contributed by atoms with Crippen molar-refractivity contribution < 1.29 is 14.1 Å². The fraction of sp³-hybridized carbons (Fsp3) is 0.250. The van der Waals surface area contributed by atoms with Crippen LogP contribution in [0.25, 0.3) is 10.9 Å². The lowest BCUT2D eigenvalue weighted by atomic mass is 10.0. The highest BCUT2D eigenvalue weighted by Gasteiger charge is 2.21. The molecule has 1 heterocycles. The van der Waals surface area contributed by atoms with Gasteiger partial charge in [0.05, 0.1) is 32.7 Å². The monoisotopic (exact) mass is 337 g/mol. The van der Waals surface area contributed by atoms with E-state index < -0.39 is 0 Å². The Balaban J connectivity index is 2.14. The van der Waals surface area contributed by atoms with E-state index in [0.717, 1.165) is 16.9 Å². The van der Waals surface area contributed by atoms with E-state index in [0.29, 0.717) is 24.0 Å². The number of ether oxygens (including phenoxy) is 1. The molecule has 5 heteroatoms. The molecule has 0 aliphatic rings. The second kappa shape index (κ2) is 6.89. The number of hydrogen-bond acceptors (Lipinski definition) is 3. The highest BCUT2D eigenvalue weighted by Crippen LogP contribution is 2.15. The molecule has 0 amide bonds. The van der Waals surface area contributed by atoms with Crippen LogP contribution in [0.4, 0.5) is 0 Å². The van der Waals surface area contributed by atoms with Crippen molar-refractivity contribution in [3.63, 3.8) is 0 Å². The van der Waals surface area contributed by atoms with Gasteiger partial charge in [0.25, 0.3) is 5.82 Å². The molecule has 0 saturated heterocycles. The van der Waals surface area contributed by atoms with E-state index in [1.807, 2.05) is 54.1 Å². The van der Waals surface area contributed by atoms with Crippen molar-refractivity contribution in [3.05, 3.63) is 75.8 Å². The Hall–Kier alpha value is -2.95. The first-order chi connectivity index (χ1) is 12.0. The van der Waals surface area contributed by atoms with Crippen molar-refractivity contribution >= 4 is 16.9 Å². The standard InChI is InChI=1S/C20H21N2O3/c1-4-25-20(24)15-10-6-5-9-14(15)13-18-21(2)17-12-8-7-11-16(17)19(23)22(18)3/h5-12H,4,13H2,1-3H3/q+1. The summed E-state index contributed by atoms with van der Waals surface area (Å²) in [5, 5.41) is 0.676.